The van der Waals surface area contributed by atoms with Gasteiger partial charge in [0, 0.05) is 20.2 Å². The highest BCUT2D eigenvalue weighted by Gasteiger charge is 2.27. The molecule has 1 aromatic heterocycles. The summed E-state index contributed by atoms with van der Waals surface area (Å²) in [5, 5.41) is 3.81. The first-order chi connectivity index (χ1) is 11.4. The lowest BCUT2D eigenvalue weighted by atomic mass is 10.0. The molecular formula is C16H14ClFN2O4. The van der Waals surface area contributed by atoms with Crippen molar-refractivity contribution in [3.8, 4) is 11.3 Å². The van der Waals surface area contributed by atoms with Crippen molar-refractivity contribution in [2.75, 3.05) is 21.2 Å². The number of aromatic nitrogens is 1. The van der Waals surface area contributed by atoms with Crippen LogP contribution in [0.15, 0.2) is 28.4 Å². The predicted octanol–water partition coefficient (Wildman–Crippen LogP) is 3.02. The minimum Gasteiger partial charge on any atom is -0.465 e. The predicted molar refractivity (Wildman–Crippen MR) is 86.0 cm³/mol. The number of carbonyl (C=O) groups is 2. The lowest BCUT2D eigenvalue weighted by Crippen LogP contribution is -2.12. The van der Waals surface area contributed by atoms with Gasteiger partial charge in [-0.3, -0.25) is 4.79 Å². The minimum absolute atomic E-state index is 0.0352. The van der Waals surface area contributed by atoms with E-state index >= 15 is 0 Å². The summed E-state index contributed by atoms with van der Waals surface area (Å²) >= 11 is 6.02. The van der Waals surface area contributed by atoms with Crippen molar-refractivity contribution in [1.82, 2.24) is 10.1 Å². The molecule has 0 spiro atoms. The van der Waals surface area contributed by atoms with Gasteiger partial charge in [-0.25, -0.2) is 9.18 Å². The largest absolute Gasteiger partial charge is 0.465 e. The molecular weight excluding hydrogens is 339 g/mol. The van der Waals surface area contributed by atoms with Crippen LogP contribution in [0, 0.1) is 5.82 Å². The van der Waals surface area contributed by atoms with Crippen LogP contribution >= 0.6 is 11.6 Å². The Bertz CT molecular complexity index is 794. The monoisotopic (exact) mass is 352 g/mol. The third-order valence-corrected chi connectivity index (χ3v) is 3.54. The molecule has 126 valence electrons. The molecule has 0 aliphatic rings. The van der Waals surface area contributed by atoms with Gasteiger partial charge in [-0.2, -0.15) is 0 Å². The number of ether oxygens (including phenoxy) is 1. The Morgan fingerprint density at radius 1 is 1.42 bits per heavy atom. The number of carbonyl (C=O) groups excluding carboxylic acids is 2. The highest BCUT2D eigenvalue weighted by Crippen LogP contribution is 2.34. The molecule has 0 fully saturated rings. The topological polar surface area (TPSA) is 72.6 Å². The zero-order chi connectivity index (χ0) is 17.9. The van der Waals surface area contributed by atoms with Crippen molar-refractivity contribution in [1.29, 1.82) is 0 Å². The summed E-state index contributed by atoms with van der Waals surface area (Å²) in [6.45, 7) is 0. The molecule has 1 aromatic carbocycles. The Kier molecular flexibility index (Phi) is 5.35. The normalized spacial score (nSPS) is 11.3. The number of hydrogen-bond acceptors (Lipinski definition) is 6. The number of allylic oxidation sites excluding steroid dienone is 1. The van der Waals surface area contributed by atoms with E-state index in [9.17, 15) is 14.0 Å². The Labute approximate surface area is 142 Å². The number of nitrogens with zero attached hydrogens (tertiary/aromatic N) is 2. The van der Waals surface area contributed by atoms with E-state index in [4.69, 9.17) is 20.9 Å². The molecule has 2 rings (SSSR count). The first-order valence-electron chi connectivity index (χ1n) is 6.77. The second-order valence-electron chi connectivity index (χ2n) is 4.94. The number of benzene rings is 1. The lowest BCUT2D eigenvalue weighted by Gasteiger charge is -2.10. The Morgan fingerprint density at radius 3 is 2.67 bits per heavy atom. The van der Waals surface area contributed by atoms with Gasteiger partial charge in [0.15, 0.2) is 12.0 Å². The number of aldehydes is 1. The maximum absolute atomic E-state index is 14.2. The van der Waals surface area contributed by atoms with Crippen LogP contribution < -0.4 is 0 Å². The SMILES string of the molecule is COC(=O)c1c(-c2c(F)cccc2Cl)noc1C=C(C=O)N(C)C. The molecule has 0 aliphatic carbocycles. The number of likely N-dealkylation sites (N-methyl/N-ethyl adjacent to an activating group) is 1. The molecule has 8 heteroatoms. The van der Waals surface area contributed by atoms with Gasteiger partial charge in [-0.1, -0.05) is 22.8 Å². The van der Waals surface area contributed by atoms with Crippen LogP contribution in [0.4, 0.5) is 4.39 Å². The van der Waals surface area contributed by atoms with Crippen LogP contribution in [0.5, 0.6) is 0 Å². The quantitative estimate of drug-likeness (QED) is 0.468. The number of rotatable bonds is 5. The molecule has 2 aromatic rings. The molecule has 0 saturated carbocycles. The highest BCUT2D eigenvalue weighted by molar-refractivity contribution is 6.33. The van der Waals surface area contributed by atoms with E-state index in [1.54, 1.807) is 14.1 Å². The van der Waals surface area contributed by atoms with Crippen LogP contribution in [-0.4, -0.2) is 43.5 Å². The molecule has 0 atom stereocenters. The number of methoxy groups -OCH3 is 1. The first-order valence-corrected chi connectivity index (χ1v) is 7.15. The van der Waals surface area contributed by atoms with Crippen LogP contribution in [0.25, 0.3) is 17.3 Å². The van der Waals surface area contributed by atoms with Gasteiger partial charge in [-0.15, -0.1) is 0 Å². The molecule has 0 bridgehead atoms. The van der Waals surface area contributed by atoms with Crippen molar-refractivity contribution in [3.05, 3.63) is 46.1 Å². The fourth-order valence-corrected chi connectivity index (χ4v) is 2.25. The van der Waals surface area contributed by atoms with Gasteiger partial charge < -0.3 is 14.2 Å². The van der Waals surface area contributed by atoms with Crippen LogP contribution in [0.3, 0.4) is 0 Å². The second-order valence-corrected chi connectivity index (χ2v) is 5.35. The summed E-state index contributed by atoms with van der Waals surface area (Å²) in [6, 6.07) is 4.07. The minimum atomic E-state index is -0.791. The zero-order valence-corrected chi connectivity index (χ0v) is 13.9. The van der Waals surface area contributed by atoms with Gasteiger partial charge in [0.05, 0.1) is 23.4 Å². The second kappa shape index (κ2) is 7.27. The molecule has 0 unspecified atom stereocenters. The third-order valence-electron chi connectivity index (χ3n) is 3.22. The van der Waals surface area contributed by atoms with Crippen molar-refractivity contribution in [3.63, 3.8) is 0 Å². The number of esters is 1. The Balaban J connectivity index is 2.72. The zero-order valence-electron chi connectivity index (χ0n) is 13.2. The van der Waals surface area contributed by atoms with Crippen LogP contribution in [0.2, 0.25) is 5.02 Å². The van der Waals surface area contributed by atoms with Gasteiger partial charge >= 0.3 is 5.97 Å². The van der Waals surface area contributed by atoms with E-state index in [-0.39, 0.29) is 33.3 Å². The van der Waals surface area contributed by atoms with Crippen LogP contribution in [-0.2, 0) is 9.53 Å². The summed E-state index contributed by atoms with van der Waals surface area (Å²) in [4.78, 5) is 24.8. The van der Waals surface area contributed by atoms with Gasteiger partial charge in [0.25, 0.3) is 0 Å². The average molecular weight is 353 g/mol. The van der Waals surface area contributed by atoms with Crippen molar-refractivity contribution in [2.45, 2.75) is 0 Å². The summed E-state index contributed by atoms with van der Waals surface area (Å²) in [7, 11) is 4.45. The average Bonchev–Trinajstić information content (AvgIpc) is 2.94. The lowest BCUT2D eigenvalue weighted by molar-refractivity contribution is -0.105. The van der Waals surface area contributed by atoms with E-state index in [0.717, 1.165) is 0 Å². The molecule has 0 saturated heterocycles. The summed E-state index contributed by atoms with van der Waals surface area (Å²) in [5.74, 6) is -1.49. The van der Waals surface area contributed by atoms with Crippen molar-refractivity contribution in [2.24, 2.45) is 0 Å². The van der Waals surface area contributed by atoms with E-state index < -0.39 is 11.8 Å². The first kappa shape index (κ1) is 17.7. The van der Waals surface area contributed by atoms with Crippen molar-refractivity contribution < 1.29 is 23.2 Å². The fraction of sp³-hybridized carbons (Fsp3) is 0.188. The molecule has 0 N–H and O–H groups in total. The molecule has 24 heavy (non-hydrogen) atoms. The smallest absolute Gasteiger partial charge is 0.344 e. The fourth-order valence-electron chi connectivity index (χ4n) is 2.00. The molecule has 0 aliphatic heterocycles. The number of halogens is 2. The number of hydrogen-bond donors (Lipinski definition) is 0. The van der Waals surface area contributed by atoms with E-state index in [2.05, 4.69) is 5.16 Å². The Morgan fingerprint density at radius 2 is 2.12 bits per heavy atom. The molecule has 1 heterocycles. The summed E-state index contributed by atoms with van der Waals surface area (Å²) < 4.78 is 24.0. The molecule has 0 amide bonds. The van der Waals surface area contributed by atoms with E-state index in [0.29, 0.717) is 6.29 Å². The summed E-state index contributed by atoms with van der Waals surface area (Å²) in [5.41, 5.74) is -0.0751. The highest BCUT2D eigenvalue weighted by atomic mass is 35.5. The van der Waals surface area contributed by atoms with E-state index in [1.165, 1.54) is 36.3 Å². The van der Waals surface area contributed by atoms with E-state index in [1.807, 2.05) is 0 Å². The maximum atomic E-state index is 14.2. The van der Waals surface area contributed by atoms with Crippen molar-refractivity contribution >= 4 is 29.9 Å². The van der Waals surface area contributed by atoms with Gasteiger partial charge in [0.2, 0.25) is 0 Å². The molecule has 6 nitrogen and oxygen atoms in total. The summed E-state index contributed by atoms with van der Waals surface area (Å²) in [6.07, 6.45) is 1.89. The maximum Gasteiger partial charge on any atom is 0.344 e. The third kappa shape index (κ3) is 3.30. The Hall–Kier alpha value is -2.67. The van der Waals surface area contributed by atoms with Gasteiger partial charge in [0.1, 0.15) is 17.1 Å². The van der Waals surface area contributed by atoms with Crippen LogP contribution in [0.1, 0.15) is 16.1 Å². The standard InChI is InChI=1S/C16H14ClFN2O4/c1-20(2)9(8-21)7-12-14(16(22)23-3)15(19-24-12)13-10(17)5-4-6-11(13)18/h4-8H,1-3H3. The van der Waals surface area contributed by atoms with Gasteiger partial charge in [-0.05, 0) is 12.1 Å². The molecule has 0 radical (unpaired) electrons.